The fraction of sp³-hybridized carbons (Fsp3) is 0.360. The van der Waals surface area contributed by atoms with Crippen LogP contribution in [0.4, 0.5) is 0 Å². The maximum Gasteiger partial charge on any atom is 0.327 e. The largest absolute Gasteiger partial charge is 0.495 e. The van der Waals surface area contributed by atoms with E-state index in [9.17, 15) is 14.7 Å². The molecule has 1 aliphatic carbocycles. The third kappa shape index (κ3) is 4.60. The average molecular weight is 449 g/mol. The number of methoxy groups -OCH3 is 1. The lowest BCUT2D eigenvalue weighted by molar-refractivity contribution is -0.141. The smallest absolute Gasteiger partial charge is 0.327 e. The van der Waals surface area contributed by atoms with Crippen molar-refractivity contribution in [1.29, 1.82) is 5.41 Å². The van der Waals surface area contributed by atoms with Crippen LogP contribution in [0.1, 0.15) is 55.1 Å². The highest BCUT2D eigenvalue weighted by Crippen LogP contribution is 2.35. The van der Waals surface area contributed by atoms with Crippen LogP contribution in [0.5, 0.6) is 5.75 Å². The molecule has 0 bridgehead atoms. The molecule has 1 unspecified atom stereocenters. The number of ether oxygens (including phenoxy) is 1. The molecule has 8 heteroatoms. The summed E-state index contributed by atoms with van der Waals surface area (Å²) in [7, 11) is 1.49. The summed E-state index contributed by atoms with van der Waals surface area (Å²) in [6, 6.07) is 8.21. The Labute approximate surface area is 192 Å². The van der Waals surface area contributed by atoms with Gasteiger partial charge >= 0.3 is 5.97 Å². The number of nitrogens with zero attached hydrogens (tertiary/aromatic N) is 3. The third-order valence-corrected chi connectivity index (χ3v) is 6.02. The third-order valence-electron chi connectivity index (χ3n) is 6.02. The number of carbonyl (C=O) groups is 1. The highest BCUT2D eigenvalue weighted by Gasteiger charge is 2.27. The zero-order valence-corrected chi connectivity index (χ0v) is 19.0. The maximum absolute atomic E-state index is 13.1. The summed E-state index contributed by atoms with van der Waals surface area (Å²) in [5.41, 5.74) is 3.59. The van der Waals surface area contributed by atoms with Gasteiger partial charge in [-0.25, -0.2) is 4.79 Å². The number of benzene rings is 1. The Kier molecular flexibility index (Phi) is 6.18. The van der Waals surface area contributed by atoms with Gasteiger partial charge in [0.15, 0.2) is 0 Å². The molecule has 1 atom stereocenters. The Hall–Kier alpha value is -3.68. The Morgan fingerprint density at radius 1 is 1.27 bits per heavy atom. The number of rotatable bonds is 9. The Bertz CT molecular complexity index is 1270. The van der Waals surface area contributed by atoms with E-state index in [0.717, 1.165) is 29.5 Å². The van der Waals surface area contributed by atoms with Crippen molar-refractivity contribution in [3.8, 4) is 16.9 Å². The van der Waals surface area contributed by atoms with E-state index < -0.39 is 17.6 Å². The van der Waals surface area contributed by atoms with Gasteiger partial charge in [0.2, 0.25) is 0 Å². The minimum absolute atomic E-state index is 0.0909. The number of carboxylic acids is 1. The number of carboxylic acid groups (broad SMARTS) is 1. The predicted molar refractivity (Wildman–Crippen MR) is 125 cm³/mol. The van der Waals surface area contributed by atoms with Gasteiger partial charge in [-0.05, 0) is 37.8 Å². The van der Waals surface area contributed by atoms with Crippen molar-refractivity contribution >= 4 is 11.7 Å². The molecule has 172 valence electrons. The molecular weight excluding hydrogens is 420 g/mol. The molecule has 33 heavy (non-hydrogen) atoms. The predicted octanol–water partition coefficient (Wildman–Crippen LogP) is 4.01. The van der Waals surface area contributed by atoms with E-state index in [-0.39, 0.29) is 6.42 Å². The van der Waals surface area contributed by atoms with Crippen molar-refractivity contribution in [2.24, 2.45) is 0 Å². The minimum Gasteiger partial charge on any atom is -0.495 e. The highest BCUT2D eigenvalue weighted by atomic mass is 16.5. The van der Waals surface area contributed by atoms with Crippen LogP contribution in [0.25, 0.3) is 11.1 Å². The second kappa shape index (κ2) is 9.05. The van der Waals surface area contributed by atoms with Crippen LogP contribution in [0.2, 0.25) is 0 Å². The van der Waals surface area contributed by atoms with Crippen molar-refractivity contribution in [3.05, 3.63) is 69.9 Å². The van der Waals surface area contributed by atoms with Crippen LogP contribution in [0.3, 0.4) is 0 Å². The Morgan fingerprint density at radius 2 is 2.03 bits per heavy atom. The molecule has 0 radical (unpaired) electrons. The van der Waals surface area contributed by atoms with E-state index in [0.29, 0.717) is 35.2 Å². The topological polar surface area (TPSA) is 110 Å². The average Bonchev–Trinajstić information content (AvgIpc) is 3.55. The van der Waals surface area contributed by atoms with E-state index in [1.807, 2.05) is 42.9 Å². The van der Waals surface area contributed by atoms with Gasteiger partial charge in [-0.15, -0.1) is 0 Å². The van der Waals surface area contributed by atoms with Crippen LogP contribution in [-0.2, 0) is 11.2 Å². The van der Waals surface area contributed by atoms with Gasteiger partial charge in [-0.3, -0.25) is 14.0 Å². The second-order valence-electron chi connectivity index (χ2n) is 8.46. The van der Waals surface area contributed by atoms with Gasteiger partial charge in [0, 0.05) is 35.5 Å². The summed E-state index contributed by atoms with van der Waals surface area (Å²) < 4.78 is 8.64. The quantitative estimate of drug-likeness (QED) is 0.481. The summed E-state index contributed by atoms with van der Waals surface area (Å²) in [5, 5.41) is 22.7. The van der Waals surface area contributed by atoms with Crippen LogP contribution < -0.4 is 10.3 Å². The molecule has 4 rings (SSSR count). The molecule has 3 aromatic rings. The molecule has 0 aliphatic heterocycles. The zero-order valence-electron chi connectivity index (χ0n) is 19.0. The Balaban J connectivity index is 1.76. The first kappa shape index (κ1) is 22.5. The number of pyridine rings is 1. The van der Waals surface area contributed by atoms with Crippen molar-refractivity contribution in [3.63, 3.8) is 0 Å². The van der Waals surface area contributed by atoms with E-state index >= 15 is 0 Å². The van der Waals surface area contributed by atoms with Crippen molar-refractivity contribution in [2.75, 3.05) is 7.11 Å². The lowest BCUT2D eigenvalue weighted by atomic mass is 9.94. The molecule has 1 aromatic carbocycles. The number of aromatic nitrogens is 3. The van der Waals surface area contributed by atoms with E-state index in [4.69, 9.17) is 10.1 Å². The number of aryl methyl sites for hydroxylation is 1. The van der Waals surface area contributed by atoms with E-state index in [1.165, 1.54) is 23.9 Å². The molecular formula is C25H28N4O4. The molecule has 8 nitrogen and oxygen atoms in total. The van der Waals surface area contributed by atoms with Gasteiger partial charge in [-0.1, -0.05) is 30.7 Å². The van der Waals surface area contributed by atoms with E-state index in [1.54, 1.807) is 6.07 Å². The van der Waals surface area contributed by atoms with Crippen LogP contribution >= 0.6 is 0 Å². The fourth-order valence-corrected chi connectivity index (χ4v) is 4.01. The standard InChI is InChI=1S/C25H28N4O4/c1-4-21(26)18-8-5-15(2)11-19(18)20-13-24(30)28(14-23(20)33-3)22(25(31)32)12-16-9-10-29(27-16)17-6-7-17/h5,8-11,13-14,17,22,26H,4,6-7,12H2,1-3H3,(H,31,32). The summed E-state index contributed by atoms with van der Waals surface area (Å²) in [5.74, 6) is -0.739. The monoisotopic (exact) mass is 448 g/mol. The second-order valence-corrected chi connectivity index (χ2v) is 8.46. The zero-order chi connectivity index (χ0) is 23.7. The van der Waals surface area contributed by atoms with Gasteiger partial charge in [-0.2, -0.15) is 5.10 Å². The first-order valence-corrected chi connectivity index (χ1v) is 11.1. The lowest BCUT2D eigenvalue weighted by Gasteiger charge is -2.19. The van der Waals surface area contributed by atoms with Crippen molar-refractivity contribution < 1.29 is 14.6 Å². The summed E-state index contributed by atoms with van der Waals surface area (Å²) in [4.78, 5) is 25.3. The summed E-state index contributed by atoms with van der Waals surface area (Å²) in [6.07, 6.45) is 6.12. The first-order chi connectivity index (χ1) is 15.8. The number of hydrogen-bond acceptors (Lipinski definition) is 5. The van der Waals surface area contributed by atoms with Gasteiger partial charge in [0.05, 0.1) is 25.0 Å². The molecule has 0 saturated heterocycles. The number of hydrogen-bond donors (Lipinski definition) is 2. The molecule has 1 saturated carbocycles. The summed E-state index contributed by atoms with van der Waals surface area (Å²) >= 11 is 0. The summed E-state index contributed by atoms with van der Waals surface area (Å²) in [6.45, 7) is 3.85. The maximum atomic E-state index is 13.1. The van der Waals surface area contributed by atoms with Gasteiger partial charge < -0.3 is 15.3 Å². The number of aliphatic carboxylic acids is 1. The van der Waals surface area contributed by atoms with Gasteiger partial charge in [0.1, 0.15) is 11.8 Å². The van der Waals surface area contributed by atoms with Crippen LogP contribution in [-0.4, -0.2) is 38.2 Å². The molecule has 0 amide bonds. The van der Waals surface area contributed by atoms with E-state index in [2.05, 4.69) is 5.10 Å². The molecule has 2 aromatic heterocycles. The Morgan fingerprint density at radius 3 is 2.67 bits per heavy atom. The van der Waals surface area contributed by atoms with Gasteiger partial charge in [0.25, 0.3) is 5.56 Å². The minimum atomic E-state index is -1.12. The van der Waals surface area contributed by atoms with Crippen LogP contribution in [0.15, 0.2) is 47.5 Å². The first-order valence-electron chi connectivity index (χ1n) is 11.1. The molecule has 2 N–H and O–H groups in total. The molecule has 1 aliphatic rings. The normalized spacial score (nSPS) is 14.2. The molecule has 2 heterocycles. The van der Waals surface area contributed by atoms with Crippen LogP contribution in [0, 0.1) is 12.3 Å². The molecule has 1 fully saturated rings. The molecule has 0 spiro atoms. The SMILES string of the molecule is CCC(=N)c1ccc(C)cc1-c1cc(=O)n(C(Cc2ccn(C3CC3)n2)C(=O)O)cc1OC. The highest BCUT2D eigenvalue weighted by molar-refractivity contribution is 6.04. The lowest BCUT2D eigenvalue weighted by Crippen LogP contribution is -2.31. The fourth-order valence-electron chi connectivity index (χ4n) is 4.01. The van der Waals surface area contributed by atoms with Crippen molar-refractivity contribution in [2.45, 2.75) is 51.6 Å². The number of nitrogens with one attached hydrogen (secondary N) is 1. The van der Waals surface area contributed by atoms with Crippen molar-refractivity contribution in [1.82, 2.24) is 14.3 Å².